The summed E-state index contributed by atoms with van der Waals surface area (Å²) in [6.45, 7) is 5.78. The second-order valence-electron chi connectivity index (χ2n) is 6.70. The van der Waals surface area contributed by atoms with Gasteiger partial charge in [-0.15, -0.1) is 11.3 Å². The van der Waals surface area contributed by atoms with Crippen molar-refractivity contribution in [2.24, 2.45) is 0 Å². The molecule has 4 heteroatoms. The molecule has 26 heavy (non-hydrogen) atoms. The lowest BCUT2D eigenvalue weighted by atomic mass is 10.1. The van der Waals surface area contributed by atoms with Gasteiger partial charge in [0.15, 0.2) is 0 Å². The Morgan fingerprint density at radius 1 is 1.08 bits per heavy atom. The summed E-state index contributed by atoms with van der Waals surface area (Å²) in [5.74, 6) is 0. The number of benzene rings is 2. The van der Waals surface area contributed by atoms with E-state index < -0.39 is 0 Å². The van der Waals surface area contributed by atoms with Crippen LogP contribution in [-0.2, 0) is 17.7 Å². The van der Waals surface area contributed by atoms with E-state index in [1.54, 1.807) is 11.3 Å². The molecule has 4 rings (SSSR count). The quantitative estimate of drug-likeness (QED) is 0.641. The first-order valence-electron chi connectivity index (χ1n) is 9.24. The van der Waals surface area contributed by atoms with Crippen molar-refractivity contribution < 1.29 is 4.74 Å². The number of hydrogen-bond donors (Lipinski definition) is 0. The zero-order valence-electron chi connectivity index (χ0n) is 15.1. The summed E-state index contributed by atoms with van der Waals surface area (Å²) in [6.07, 6.45) is 1.14. The van der Waals surface area contributed by atoms with Gasteiger partial charge in [0.2, 0.25) is 0 Å². The van der Waals surface area contributed by atoms with E-state index >= 15 is 0 Å². The zero-order valence-corrected chi connectivity index (χ0v) is 15.9. The second-order valence-corrected chi connectivity index (χ2v) is 7.59. The van der Waals surface area contributed by atoms with Crippen LogP contribution in [0.2, 0.25) is 0 Å². The lowest BCUT2D eigenvalue weighted by Crippen LogP contribution is -2.37. The molecule has 1 fully saturated rings. The Labute approximate surface area is 159 Å². The van der Waals surface area contributed by atoms with E-state index in [4.69, 9.17) is 9.72 Å². The van der Waals surface area contributed by atoms with Crippen molar-refractivity contribution in [2.45, 2.75) is 26.0 Å². The van der Waals surface area contributed by atoms with Crippen LogP contribution in [0.1, 0.15) is 29.2 Å². The monoisotopic (exact) mass is 364 g/mol. The van der Waals surface area contributed by atoms with Crippen LogP contribution in [0, 0.1) is 0 Å². The van der Waals surface area contributed by atoms with Crippen molar-refractivity contribution in [3.63, 3.8) is 0 Å². The van der Waals surface area contributed by atoms with E-state index in [0.29, 0.717) is 0 Å². The van der Waals surface area contributed by atoms with Gasteiger partial charge in [-0.3, -0.25) is 4.90 Å². The molecule has 1 aromatic heterocycles. The summed E-state index contributed by atoms with van der Waals surface area (Å²) in [6, 6.07) is 19.4. The van der Waals surface area contributed by atoms with Crippen LogP contribution < -0.4 is 0 Å². The molecule has 0 N–H and O–H groups in total. The summed E-state index contributed by atoms with van der Waals surface area (Å²) in [5.41, 5.74) is 4.94. The average molecular weight is 365 g/mol. The number of ether oxygens (including phenoxy) is 1. The van der Waals surface area contributed by atoms with Gasteiger partial charge < -0.3 is 4.74 Å². The molecule has 0 saturated carbocycles. The molecule has 1 aliphatic heterocycles. The van der Waals surface area contributed by atoms with Crippen LogP contribution in [0.3, 0.4) is 0 Å². The van der Waals surface area contributed by atoms with Crippen molar-refractivity contribution in [3.05, 3.63) is 76.1 Å². The number of thiazole rings is 1. The molecule has 1 aliphatic rings. The van der Waals surface area contributed by atoms with Gasteiger partial charge >= 0.3 is 0 Å². The highest BCUT2D eigenvalue weighted by Crippen LogP contribution is 2.30. The van der Waals surface area contributed by atoms with E-state index in [1.165, 1.54) is 16.7 Å². The Balaban J connectivity index is 1.44. The molecule has 3 nitrogen and oxygen atoms in total. The van der Waals surface area contributed by atoms with Gasteiger partial charge in [-0.1, -0.05) is 61.5 Å². The van der Waals surface area contributed by atoms with E-state index in [2.05, 4.69) is 71.8 Å². The molecule has 0 amide bonds. The van der Waals surface area contributed by atoms with Gasteiger partial charge in [0.1, 0.15) is 11.1 Å². The topological polar surface area (TPSA) is 25.4 Å². The van der Waals surface area contributed by atoms with E-state index in [9.17, 15) is 0 Å². The average Bonchev–Trinajstić information content (AvgIpc) is 3.19. The van der Waals surface area contributed by atoms with Gasteiger partial charge in [-0.25, -0.2) is 4.98 Å². The van der Waals surface area contributed by atoms with Crippen molar-refractivity contribution in [1.29, 1.82) is 0 Å². The molecular weight excluding hydrogens is 340 g/mol. The molecular formula is C22H24N2OS. The molecule has 2 heterocycles. The first-order chi connectivity index (χ1) is 12.8. The van der Waals surface area contributed by atoms with Crippen LogP contribution in [0.5, 0.6) is 0 Å². The van der Waals surface area contributed by atoms with Gasteiger partial charge in [-0.2, -0.15) is 0 Å². The standard InChI is InChI=1S/C22H24N2OS/c1-2-17-8-10-19(11-9-17)20-16-26-22(23-20)21-15-24(12-13-25-21)14-18-6-4-3-5-7-18/h3-11,16,21H,2,12-15H2,1H3. The third-order valence-corrected chi connectivity index (χ3v) is 5.79. The minimum absolute atomic E-state index is 0.0705. The smallest absolute Gasteiger partial charge is 0.124 e. The third-order valence-electron chi connectivity index (χ3n) is 4.85. The number of aromatic nitrogens is 1. The Hall–Kier alpha value is -2.01. The molecule has 0 spiro atoms. The lowest BCUT2D eigenvalue weighted by Gasteiger charge is -2.32. The van der Waals surface area contributed by atoms with Crippen LogP contribution in [0.15, 0.2) is 60.0 Å². The zero-order chi connectivity index (χ0) is 17.8. The Morgan fingerprint density at radius 3 is 2.65 bits per heavy atom. The summed E-state index contributed by atoms with van der Waals surface area (Å²) in [4.78, 5) is 7.33. The highest BCUT2D eigenvalue weighted by molar-refractivity contribution is 7.10. The van der Waals surface area contributed by atoms with Gasteiger partial charge in [0, 0.05) is 30.6 Å². The van der Waals surface area contributed by atoms with Crippen LogP contribution in [-0.4, -0.2) is 29.6 Å². The van der Waals surface area contributed by atoms with Gasteiger partial charge in [0.05, 0.1) is 12.3 Å². The summed E-state index contributed by atoms with van der Waals surface area (Å²) < 4.78 is 6.02. The number of rotatable bonds is 5. The number of aryl methyl sites for hydroxylation is 1. The molecule has 134 valence electrons. The molecule has 3 aromatic rings. The van der Waals surface area contributed by atoms with Crippen molar-refractivity contribution in [2.75, 3.05) is 19.7 Å². The first kappa shape index (κ1) is 17.4. The molecule has 1 saturated heterocycles. The molecule has 1 unspecified atom stereocenters. The normalized spacial score (nSPS) is 18.1. The SMILES string of the molecule is CCc1ccc(-c2csc(C3CN(Cc4ccccc4)CCO3)n2)cc1. The highest BCUT2D eigenvalue weighted by atomic mass is 32.1. The van der Waals surface area contributed by atoms with Crippen molar-refractivity contribution in [1.82, 2.24) is 9.88 Å². The maximum Gasteiger partial charge on any atom is 0.124 e. The minimum atomic E-state index is 0.0705. The predicted octanol–water partition coefficient (Wildman–Crippen LogP) is 4.95. The first-order valence-corrected chi connectivity index (χ1v) is 10.1. The Bertz CT molecular complexity index is 829. The molecule has 1 atom stereocenters. The van der Waals surface area contributed by atoms with Gasteiger partial charge in [-0.05, 0) is 17.5 Å². The minimum Gasteiger partial charge on any atom is -0.368 e. The molecule has 2 aromatic carbocycles. The summed E-state index contributed by atoms with van der Waals surface area (Å²) >= 11 is 1.71. The maximum absolute atomic E-state index is 6.02. The van der Waals surface area contributed by atoms with Crippen LogP contribution in [0.4, 0.5) is 0 Å². The molecule has 0 radical (unpaired) electrons. The number of nitrogens with zero attached hydrogens (tertiary/aromatic N) is 2. The van der Waals surface area contributed by atoms with Crippen molar-refractivity contribution >= 4 is 11.3 Å². The predicted molar refractivity (Wildman–Crippen MR) is 107 cm³/mol. The molecule has 0 aliphatic carbocycles. The highest BCUT2D eigenvalue weighted by Gasteiger charge is 2.24. The van der Waals surface area contributed by atoms with E-state index in [-0.39, 0.29) is 6.10 Å². The maximum atomic E-state index is 6.02. The third kappa shape index (κ3) is 4.04. The summed E-state index contributed by atoms with van der Waals surface area (Å²) in [5, 5.41) is 3.23. The van der Waals surface area contributed by atoms with E-state index in [0.717, 1.165) is 43.4 Å². The lowest BCUT2D eigenvalue weighted by molar-refractivity contribution is -0.0329. The summed E-state index contributed by atoms with van der Waals surface area (Å²) in [7, 11) is 0. The van der Waals surface area contributed by atoms with Crippen LogP contribution >= 0.6 is 11.3 Å². The Kier molecular flexibility index (Phi) is 5.44. The largest absolute Gasteiger partial charge is 0.368 e. The fourth-order valence-corrected chi connectivity index (χ4v) is 4.18. The molecule has 0 bridgehead atoms. The van der Waals surface area contributed by atoms with Gasteiger partial charge in [0.25, 0.3) is 0 Å². The number of hydrogen-bond acceptors (Lipinski definition) is 4. The van der Waals surface area contributed by atoms with Crippen molar-refractivity contribution in [3.8, 4) is 11.3 Å². The fourth-order valence-electron chi connectivity index (χ4n) is 3.32. The second kappa shape index (κ2) is 8.12. The van der Waals surface area contributed by atoms with E-state index in [1.807, 2.05) is 0 Å². The Morgan fingerprint density at radius 2 is 1.88 bits per heavy atom. The van der Waals surface area contributed by atoms with Crippen LogP contribution in [0.25, 0.3) is 11.3 Å². The number of morpholine rings is 1. The fraction of sp³-hybridized carbons (Fsp3) is 0.318.